The summed E-state index contributed by atoms with van der Waals surface area (Å²) in [6.45, 7) is 7.64. The molecule has 0 heterocycles. The van der Waals surface area contributed by atoms with Crippen LogP contribution < -0.4 is 0 Å². The van der Waals surface area contributed by atoms with Gasteiger partial charge < -0.3 is 10.2 Å². The van der Waals surface area contributed by atoms with Crippen molar-refractivity contribution in [2.24, 2.45) is 0 Å². The van der Waals surface area contributed by atoms with Crippen molar-refractivity contribution in [2.45, 2.75) is 19.3 Å². The van der Waals surface area contributed by atoms with E-state index in [2.05, 4.69) is 6.58 Å². The maximum Gasteiger partial charge on any atom is 0.119 e. The van der Waals surface area contributed by atoms with Gasteiger partial charge in [-0.3, -0.25) is 0 Å². The van der Waals surface area contributed by atoms with Crippen molar-refractivity contribution in [3.05, 3.63) is 36.4 Å². The Morgan fingerprint density at radius 3 is 2.00 bits per heavy atom. The minimum atomic E-state index is -0.240. The van der Waals surface area contributed by atoms with Gasteiger partial charge in [0.2, 0.25) is 0 Å². The zero-order chi connectivity index (χ0) is 10.1. The van der Waals surface area contributed by atoms with E-state index in [0.29, 0.717) is 0 Å². The third-order valence-electron chi connectivity index (χ3n) is 2.16. The number of hydrogen-bond acceptors (Lipinski definition) is 2. The molecule has 1 aromatic rings. The van der Waals surface area contributed by atoms with E-state index < -0.39 is 0 Å². The van der Waals surface area contributed by atoms with Crippen LogP contribution >= 0.6 is 0 Å². The number of rotatable bonds is 2. The van der Waals surface area contributed by atoms with Gasteiger partial charge in [0.15, 0.2) is 0 Å². The van der Waals surface area contributed by atoms with Gasteiger partial charge in [-0.1, -0.05) is 19.9 Å². The van der Waals surface area contributed by atoms with Gasteiger partial charge in [0.25, 0.3) is 0 Å². The molecule has 2 N–H and O–H groups in total. The molecule has 1 rings (SSSR count). The lowest BCUT2D eigenvalue weighted by atomic mass is 9.85. The molecule has 70 valence electrons. The normalized spacial score (nSPS) is 11.2. The SMILES string of the molecule is C=CC(C)(C)c1cc(O)cc(O)c1. The first-order valence-electron chi connectivity index (χ1n) is 4.13. The van der Waals surface area contributed by atoms with Crippen LogP contribution in [0.4, 0.5) is 0 Å². The number of phenolic OH excluding ortho intramolecular Hbond substituents is 2. The molecule has 0 amide bonds. The van der Waals surface area contributed by atoms with Gasteiger partial charge in [-0.05, 0) is 17.7 Å². The lowest BCUT2D eigenvalue weighted by molar-refractivity contribution is 0.446. The number of phenols is 2. The highest BCUT2D eigenvalue weighted by Gasteiger charge is 2.17. The molecule has 0 radical (unpaired) electrons. The summed E-state index contributed by atoms with van der Waals surface area (Å²) in [5, 5.41) is 18.5. The predicted molar refractivity (Wildman–Crippen MR) is 53.0 cm³/mol. The van der Waals surface area contributed by atoms with Crippen LogP contribution in [0.2, 0.25) is 0 Å². The van der Waals surface area contributed by atoms with Gasteiger partial charge in [0.1, 0.15) is 11.5 Å². The van der Waals surface area contributed by atoms with E-state index in [0.717, 1.165) is 5.56 Å². The van der Waals surface area contributed by atoms with E-state index in [1.54, 1.807) is 18.2 Å². The van der Waals surface area contributed by atoms with Crippen molar-refractivity contribution in [3.8, 4) is 11.5 Å². The van der Waals surface area contributed by atoms with E-state index in [-0.39, 0.29) is 16.9 Å². The lowest BCUT2D eigenvalue weighted by Crippen LogP contribution is -2.12. The Morgan fingerprint density at radius 2 is 1.62 bits per heavy atom. The molecule has 0 aliphatic rings. The van der Waals surface area contributed by atoms with Crippen molar-refractivity contribution in [1.82, 2.24) is 0 Å². The molecule has 0 unspecified atom stereocenters. The number of hydrogen-bond donors (Lipinski definition) is 2. The van der Waals surface area contributed by atoms with Gasteiger partial charge in [-0.25, -0.2) is 0 Å². The van der Waals surface area contributed by atoms with Crippen molar-refractivity contribution in [2.75, 3.05) is 0 Å². The molecule has 2 heteroatoms. The molecule has 0 aliphatic heterocycles. The highest BCUT2D eigenvalue weighted by atomic mass is 16.3. The Bertz CT molecular complexity index is 307. The smallest absolute Gasteiger partial charge is 0.119 e. The topological polar surface area (TPSA) is 40.5 Å². The Morgan fingerprint density at radius 1 is 1.15 bits per heavy atom. The van der Waals surface area contributed by atoms with Gasteiger partial charge >= 0.3 is 0 Å². The van der Waals surface area contributed by atoms with Gasteiger partial charge in [-0.15, -0.1) is 6.58 Å². The van der Waals surface area contributed by atoms with Crippen LogP contribution in [0.1, 0.15) is 19.4 Å². The third-order valence-corrected chi connectivity index (χ3v) is 2.16. The summed E-state index contributed by atoms with van der Waals surface area (Å²) in [4.78, 5) is 0. The molecule has 2 nitrogen and oxygen atoms in total. The van der Waals surface area contributed by atoms with Crippen LogP contribution in [-0.4, -0.2) is 10.2 Å². The second kappa shape index (κ2) is 3.13. The van der Waals surface area contributed by atoms with Crippen LogP contribution in [-0.2, 0) is 5.41 Å². The maximum absolute atomic E-state index is 9.26. The van der Waals surface area contributed by atoms with Crippen molar-refractivity contribution < 1.29 is 10.2 Å². The van der Waals surface area contributed by atoms with Crippen LogP contribution in [0, 0.1) is 0 Å². The summed E-state index contributed by atoms with van der Waals surface area (Å²) in [7, 11) is 0. The van der Waals surface area contributed by atoms with Gasteiger partial charge in [0, 0.05) is 11.5 Å². The summed E-state index contributed by atoms with van der Waals surface area (Å²) in [5.41, 5.74) is 0.607. The van der Waals surface area contributed by atoms with Crippen LogP contribution in [0.3, 0.4) is 0 Å². The molecular formula is C11H14O2. The van der Waals surface area contributed by atoms with Crippen molar-refractivity contribution >= 4 is 0 Å². The molecule has 13 heavy (non-hydrogen) atoms. The molecule has 0 atom stereocenters. The summed E-state index contributed by atoms with van der Waals surface area (Å²) in [5.74, 6) is 0.148. The molecule has 1 aromatic carbocycles. The first-order valence-corrected chi connectivity index (χ1v) is 4.13. The Hall–Kier alpha value is -1.44. The first-order chi connectivity index (χ1) is 5.95. The average Bonchev–Trinajstić information content (AvgIpc) is 2.02. The monoisotopic (exact) mass is 178 g/mol. The Balaban J connectivity index is 3.22. The molecule has 0 aromatic heterocycles. The van der Waals surface area contributed by atoms with E-state index >= 15 is 0 Å². The van der Waals surface area contributed by atoms with Crippen molar-refractivity contribution in [1.29, 1.82) is 0 Å². The number of allylic oxidation sites excluding steroid dienone is 1. The van der Waals surface area contributed by atoms with E-state index in [1.807, 2.05) is 13.8 Å². The summed E-state index contributed by atoms with van der Waals surface area (Å²) in [6, 6.07) is 4.56. The highest BCUT2D eigenvalue weighted by molar-refractivity contribution is 5.41. The zero-order valence-electron chi connectivity index (χ0n) is 7.91. The highest BCUT2D eigenvalue weighted by Crippen LogP contribution is 2.30. The summed E-state index contributed by atoms with van der Waals surface area (Å²) >= 11 is 0. The fourth-order valence-electron chi connectivity index (χ4n) is 1.09. The third kappa shape index (κ3) is 2.02. The fourth-order valence-corrected chi connectivity index (χ4v) is 1.09. The molecular weight excluding hydrogens is 164 g/mol. The van der Waals surface area contributed by atoms with Crippen molar-refractivity contribution in [3.63, 3.8) is 0 Å². The second-order valence-electron chi connectivity index (χ2n) is 3.66. The van der Waals surface area contributed by atoms with Gasteiger partial charge in [-0.2, -0.15) is 0 Å². The Labute approximate surface area is 78.2 Å². The predicted octanol–water partition coefficient (Wildman–Crippen LogP) is 2.56. The second-order valence-corrected chi connectivity index (χ2v) is 3.66. The maximum atomic E-state index is 9.26. The standard InChI is InChI=1S/C11H14O2/c1-4-11(2,3)8-5-9(12)7-10(13)6-8/h4-7,12-13H,1H2,2-3H3. The molecule has 0 aliphatic carbocycles. The van der Waals surface area contributed by atoms with E-state index in [1.165, 1.54) is 6.07 Å². The fraction of sp³-hybridized carbons (Fsp3) is 0.273. The first kappa shape index (κ1) is 9.65. The number of aromatic hydroxyl groups is 2. The largest absolute Gasteiger partial charge is 0.508 e. The van der Waals surface area contributed by atoms with E-state index in [9.17, 15) is 10.2 Å². The molecule has 0 saturated heterocycles. The van der Waals surface area contributed by atoms with Crippen LogP contribution in [0.15, 0.2) is 30.9 Å². The number of benzene rings is 1. The van der Waals surface area contributed by atoms with Gasteiger partial charge in [0.05, 0.1) is 0 Å². The average molecular weight is 178 g/mol. The zero-order valence-corrected chi connectivity index (χ0v) is 7.91. The van der Waals surface area contributed by atoms with Crippen LogP contribution in [0.5, 0.6) is 11.5 Å². The summed E-state index contributed by atoms with van der Waals surface area (Å²) in [6.07, 6.45) is 1.78. The molecule has 0 fully saturated rings. The molecule has 0 saturated carbocycles. The quantitative estimate of drug-likeness (QED) is 0.683. The molecule has 0 bridgehead atoms. The van der Waals surface area contributed by atoms with E-state index in [4.69, 9.17) is 0 Å². The Kier molecular flexibility index (Phi) is 2.32. The lowest BCUT2D eigenvalue weighted by Gasteiger charge is -2.20. The molecule has 0 spiro atoms. The van der Waals surface area contributed by atoms with Crippen LogP contribution in [0.25, 0.3) is 0 Å². The minimum absolute atomic E-state index is 0.0740. The minimum Gasteiger partial charge on any atom is -0.508 e. The summed E-state index contributed by atoms with van der Waals surface area (Å²) < 4.78 is 0.